The molecule has 1 fully saturated rings. The zero-order valence-electron chi connectivity index (χ0n) is 11.8. The van der Waals surface area contributed by atoms with Crippen molar-refractivity contribution >= 4 is 23.5 Å². The van der Waals surface area contributed by atoms with Crippen molar-refractivity contribution < 1.29 is 14.7 Å². The maximum absolute atomic E-state index is 11.0. The highest BCUT2D eigenvalue weighted by atomic mass is 35.5. The molecule has 5 heteroatoms. The number of benzene rings is 2. The molecule has 22 heavy (non-hydrogen) atoms. The van der Waals surface area contributed by atoms with Gasteiger partial charge in [-0.05, 0) is 42.5 Å². The van der Waals surface area contributed by atoms with Gasteiger partial charge < -0.3 is 10.8 Å². The van der Waals surface area contributed by atoms with Crippen molar-refractivity contribution in [3.05, 3.63) is 70.2 Å². The third kappa shape index (κ3) is 4.09. The minimum Gasteiger partial charge on any atom is -0.478 e. The van der Waals surface area contributed by atoms with Gasteiger partial charge in [-0.15, -0.1) is 0 Å². The van der Waals surface area contributed by atoms with E-state index in [0.717, 1.165) is 5.56 Å². The van der Waals surface area contributed by atoms with Gasteiger partial charge in [0.05, 0.1) is 10.6 Å². The summed E-state index contributed by atoms with van der Waals surface area (Å²) in [5.41, 5.74) is 7.21. The summed E-state index contributed by atoms with van der Waals surface area (Å²) >= 11 is 5.54. The second-order valence-electron chi connectivity index (χ2n) is 5.01. The highest BCUT2D eigenvalue weighted by Gasteiger charge is 2.26. The first kappa shape index (κ1) is 16.0. The molecule has 0 bridgehead atoms. The molecule has 3 N–H and O–H groups in total. The zero-order valence-corrected chi connectivity index (χ0v) is 12.6. The fourth-order valence-corrected chi connectivity index (χ4v) is 2.32. The molecule has 0 radical (unpaired) electrons. The summed E-state index contributed by atoms with van der Waals surface area (Å²) in [7, 11) is 0. The summed E-state index contributed by atoms with van der Waals surface area (Å²) in [5.74, 6) is -0.711. The number of hydrogen-bond donors (Lipinski definition) is 2. The lowest BCUT2D eigenvalue weighted by Crippen LogP contribution is -2.13. The van der Waals surface area contributed by atoms with Crippen molar-refractivity contribution in [1.82, 2.24) is 0 Å². The van der Waals surface area contributed by atoms with Gasteiger partial charge in [0.15, 0.2) is 0 Å². The van der Waals surface area contributed by atoms with Gasteiger partial charge in [-0.3, -0.25) is 4.79 Å². The molecule has 0 heterocycles. The molecule has 114 valence electrons. The number of rotatable bonds is 3. The van der Waals surface area contributed by atoms with Crippen molar-refractivity contribution in [2.24, 2.45) is 5.73 Å². The van der Waals surface area contributed by atoms with E-state index in [1.807, 2.05) is 18.2 Å². The molecule has 3 rings (SSSR count). The van der Waals surface area contributed by atoms with E-state index in [1.165, 1.54) is 18.9 Å². The standard InChI is InChI=1S/C10H11NO.C7H5ClO2/c11-10(12)9-4-2-1-3-8(9)7-5-6-7;8-6-4-2-1-3-5(6)7(9)10/h1-4,7H,5-6H2,(H2,11,12);1-4H,(H,9,10). The van der Waals surface area contributed by atoms with Crippen LogP contribution in [0.1, 0.15) is 45.0 Å². The van der Waals surface area contributed by atoms with Crippen LogP contribution in [0, 0.1) is 0 Å². The number of nitrogens with two attached hydrogens (primary N) is 1. The Kier molecular flexibility index (Phi) is 5.17. The Bertz CT molecular complexity index is 696. The van der Waals surface area contributed by atoms with Crippen LogP contribution in [0.3, 0.4) is 0 Å². The Morgan fingerprint density at radius 2 is 1.55 bits per heavy atom. The van der Waals surface area contributed by atoms with Crippen LogP contribution in [-0.4, -0.2) is 17.0 Å². The number of primary amides is 1. The molecule has 1 saturated carbocycles. The molecule has 2 aromatic carbocycles. The molecule has 1 aliphatic rings. The van der Waals surface area contributed by atoms with Gasteiger partial charge in [0.1, 0.15) is 0 Å². The Labute approximate surface area is 133 Å². The topological polar surface area (TPSA) is 80.4 Å². The third-order valence-electron chi connectivity index (χ3n) is 3.35. The number of carboxylic acids is 1. The van der Waals surface area contributed by atoms with E-state index in [-0.39, 0.29) is 16.5 Å². The van der Waals surface area contributed by atoms with Crippen molar-refractivity contribution in [1.29, 1.82) is 0 Å². The fourth-order valence-electron chi connectivity index (χ4n) is 2.11. The van der Waals surface area contributed by atoms with Gasteiger partial charge in [0, 0.05) is 5.56 Å². The van der Waals surface area contributed by atoms with Gasteiger partial charge in [0.2, 0.25) is 5.91 Å². The lowest BCUT2D eigenvalue weighted by atomic mass is 10.0. The number of amides is 1. The van der Waals surface area contributed by atoms with Gasteiger partial charge in [-0.2, -0.15) is 0 Å². The Balaban J connectivity index is 0.000000164. The normalized spacial score (nSPS) is 13.0. The number of halogens is 1. The quantitative estimate of drug-likeness (QED) is 0.905. The van der Waals surface area contributed by atoms with Crippen LogP contribution in [0.15, 0.2) is 48.5 Å². The molecular formula is C17H16ClNO3. The van der Waals surface area contributed by atoms with E-state index in [4.69, 9.17) is 22.4 Å². The first-order valence-electron chi connectivity index (χ1n) is 6.87. The molecule has 4 nitrogen and oxygen atoms in total. The second-order valence-corrected chi connectivity index (χ2v) is 5.42. The Morgan fingerprint density at radius 1 is 1.00 bits per heavy atom. The minimum absolute atomic E-state index is 0.143. The number of aromatic carboxylic acids is 1. The molecule has 0 aromatic heterocycles. The predicted octanol–water partition coefficient (Wildman–Crippen LogP) is 3.70. The molecular weight excluding hydrogens is 302 g/mol. The lowest BCUT2D eigenvalue weighted by Gasteiger charge is -2.02. The summed E-state index contributed by atoms with van der Waals surface area (Å²) in [6.07, 6.45) is 2.40. The number of carbonyl (C=O) groups excluding carboxylic acids is 1. The SMILES string of the molecule is NC(=O)c1ccccc1C1CC1.O=C(O)c1ccccc1Cl. The summed E-state index contributed by atoms with van der Waals surface area (Å²) in [6, 6.07) is 13.9. The maximum Gasteiger partial charge on any atom is 0.337 e. The van der Waals surface area contributed by atoms with E-state index in [2.05, 4.69) is 0 Å². The predicted molar refractivity (Wildman–Crippen MR) is 85.3 cm³/mol. The largest absolute Gasteiger partial charge is 0.478 e. The van der Waals surface area contributed by atoms with E-state index in [1.54, 1.807) is 24.3 Å². The molecule has 1 aliphatic carbocycles. The van der Waals surface area contributed by atoms with Crippen LogP contribution in [0.2, 0.25) is 5.02 Å². The molecule has 0 spiro atoms. The van der Waals surface area contributed by atoms with Crippen LogP contribution in [0.5, 0.6) is 0 Å². The van der Waals surface area contributed by atoms with E-state index < -0.39 is 5.97 Å². The van der Waals surface area contributed by atoms with Crippen molar-refractivity contribution in [2.45, 2.75) is 18.8 Å². The molecule has 1 amide bonds. The lowest BCUT2D eigenvalue weighted by molar-refractivity contribution is 0.0697. The van der Waals surface area contributed by atoms with Crippen LogP contribution in [-0.2, 0) is 0 Å². The summed E-state index contributed by atoms with van der Waals surface area (Å²) in [4.78, 5) is 21.3. The van der Waals surface area contributed by atoms with Crippen molar-refractivity contribution in [2.75, 3.05) is 0 Å². The first-order valence-corrected chi connectivity index (χ1v) is 7.25. The average molecular weight is 318 g/mol. The number of carbonyl (C=O) groups is 2. The number of carboxylic acid groups (broad SMARTS) is 1. The number of hydrogen-bond acceptors (Lipinski definition) is 2. The monoisotopic (exact) mass is 317 g/mol. The molecule has 0 saturated heterocycles. The van der Waals surface area contributed by atoms with Crippen LogP contribution < -0.4 is 5.73 Å². The van der Waals surface area contributed by atoms with Gasteiger partial charge in [-0.1, -0.05) is 41.9 Å². The van der Waals surface area contributed by atoms with E-state index in [0.29, 0.717) is 11.5 Å². The second kappa shape index (κ2) is 7.09. The van der Waals surface area contributed by atoms with Crippen molar-refractivity contribution in [3.8, 4) is 0 Å². The highest BCUT2D eigenvalue weighted by molar-refractivity contribution is 6.33. The molecule has 0 atom stereocenters. The van der Waals surface area contributed by atoms with Gasteiger partial charge in [0.25, 0.3) is 0 Å². The highest BCUT2D eigenvalue weighted by Crippen LogP contribution is 2.41. The van der Waals surface area contributed by atoms with E-state index in [9.17, 15) is 9.59 Å². The molecule has 0 unspecified atom stereocenters. The van der Waals surface area contributed by atoms with Gasteiger partial charge >= 0.3 is 5.97 Å². The Hall–Kier alpha value is -2.33. The molecule has 0 aliphatic heterocycles. The van der Waals surface area contributed by atoms with Crippen LogP contribution >= 0.6 is 11.6 Å². The third-order valence-corrected chi connectivity index (χ3v) is 3.68. The smallest absolute Gasteiger partial charge is 0.337 e. The van der Waals surface area contributed by atoms with Crippen LogP contribution in [0.4, 0.5) is 0 Å². The molecule has 2 aromatic rings. The zero-order chi connectivity index (χ0) is 16.1. The van der Waals surface area contributed by atoms with Crippen molar-refractivity contribution in [3.63, 3.8) is 0 Å². The average Bonchev–Trinajstić information content (AvgIpc) is 3.32. The van der Waals surface area contributed by atoms with E-state index >= 15 is 0 Å². The summed E-state index contributed by atoms with van der Waals surface area (Å²) in [6.45, 7) is 0. The first-order chi connectivity index (χ1) is 10.5. The summed E-state index contributed by atoms with van der Waals surface area (Å²) < 4.78 is 0. The fraction of sp³-hybridized carbons (Fsp3) is 0.176. The van der Waals surface area contributed by atoms with Crippen LogP contribution in [0.25, 0.3) is 0 Å². The van der Waals surface area contributed by atoms with Gasteiger partial charge in [-0.25, -0.2) is 4.79 Å². The minimum atomic E-state index is -0.995. The maximum atomic E-state index is 11.0. The Morgan fingerprint density at radius 3 is 2.00 bits per heavy atom. The summed E-state index contributed by atoms with van der Waals surface area (Å²) in [5, 5.41) is 8.75.